The minimum atomic E-state index is -0.703. The van der Waals surface area contributed by atoms with Crippen LogP contribution in [-0.4, -0.2) is 14.1 Å². The molecule has 0 bridgehead atoms. The van der Waals surface area contributed by atoms with E-state index in [1.165, 1.54) is 0 Å². The van der Waals surface area contributed by atoms with Crippen molar-refractivity contribution in [3.63, 3.8) is 0 Å². The van der Waals surface area contributed by atoms with Crippen molar-refractivity contribution >= 4 is 11.2 Å². The quantitative estimate of drug-likeness (QED) is 0.912. The lowest BCUT2D eigenvalue weighted by Crippen LogP contribution is -2.26. The Morgan fingerprint density at radius 3 is 2.80 bits per heavy atom. The van der Waals surface area contributed by atoms with Gasteiger partial charge in [0, 0.05) is 18.1 Å². The smallest absolute Gasteiger partial charge is 0.279 e. The molecule has 1 unspecified atom stereocenters. The molecule has 20 heavy (non-hydrogen) atoms. The van der Waals surface area contributed by atoms with Gasteiger partial charge in [0.1, 0.15) is 5.52 Å². The van der Waals surface area contributed by atoms with Crippen molar-refractivity contribution in [2.45, 2.75) is 32.8 Å². The summed E-state index contributed by atoms with van der Waals surface area (Å²) in [6, 6.07) is 1.91. The first-order valence-corrected chi connectivity index (χ1v) is 6.88. The third kappa shape index (κ3) is 1.93. The van der Waals surface area contributed by atoms with Crippen molar-refractivity contribution < 1.29 is 5.11 Å². The number of rotatable bonds is 2. The van der Waals surface area contributed by atoms with Crippen LogP contribution in [0.1, 0.15) is 37.1 Å². The first-order chi connectivity index (χ1) is 9.59. The summed E-state index contributed by atoms with van der Waals surface area (Å²) in [5.74, 6) is 0. The van der Waals surface area contributed by atoms with E-state index in [9.17, 15) is 9.90 Å². The fraction of sp³-hybridized carbons (Fsp3) is 0.312. The van der Waals surface area contributed by atoms with Crippen LogP contribution < -0.4 is 5.56 Å². The van der Waals surface area contributed by atoms with Crippen molar-refractivity contribution in [3.8, 4) is 0 Å². The molecule has 3 rings (SSSR count). The van der Waals surface area contributed by atoms with Crippen molar-refractivity contribution in [1.29, 1.82) is 0 Å². The fourth-order valence-electron chi connectivity index (χ4n) is 2.69. The molecule has 0 aliphatic heterocycles. The van der Waals surface area contributed by atoms with E-state index in [0.717, 1.165) is 24.1 Å². The normalized spacial score (nSPS) is 16.4. The molecule has 0 saturated carbocycles. The van der Waals surface area contributed by atoms with Crippen LogP contribution in [0.3, 0.4) is 0 Å². The van der Waals surface area contributed by atoms with E-state index in [4.69, 9.17) is 0 Å². The molecule has 0 aromatic carbocycles. The molecule has 2 aromatic heterocycles. The minimum Gasteiger partial charge on any atom is -0.387 e. The second kappa shape index (κ2) is 4.80. The Bertz CT molecular complexity index is 776. The number of nitrogens with zero attached hydrogens (tertiary/aromatic N) is 2. The monoisotopic (exact) mass is 270 g/mol. The lowest BCUT2D eigenvalue weighted by Gasteiger charge is -2.18. The number of aromatic nitrogens is 2. The second-order valence-electron chi connectivity index (χ2n) is 5.23. The van der Waals surface area contributed by atoms with Crippen LogP contribution in [0.5, 0.6) is 0 Å². The lowest BCUT2D eigenvalue weighted by molar-refractivity contribution is 0.191. The van der Waals surface area contributed by atoms with Gasteiger partial charge in [-0.15, -0.1) is 0 Å². The molecule has 4 nitrogen and oxygen atoms in total. The minimum absolute atomic E-state index is 0.0799. The molecule has 2 heterocycles. The Morgan fingerprint density at radius 1 is 1.35 bits per heavy atom. The summed E-state index contributed by atoms with van der Waals surface area (Å²) in [6.45, 7) is 3.61. The van der Waals surface area contributed by atoms with E-state index in [1.807, 2.05) is 37.5 Å². The molecule has 0 spiro atoms. The molecule has 104 valence electrons. The molecular formula is C16H18N2O2. The standard InChI is InChI=1S/C16H18N2O2/c1-11-8-9-17-10-14(12(2)19)18(16(20)15(11)17)13-6-4-3-5-7-13/h4,6-10,12,19H,3,5H2,1-2H3. The Labute approximate surface area is 117 Å². The zero-order valence-electron chi connectivity index (χ0n) is 11.7. The Balaban J connectivity index is 2.38. The maximum absolute atomic E-state index is 12.8. The third-order valence-electron chi connectivity index (χ3n) is 3.71. The Morgan fingerprint density at radius 2 is 2.15 bits per heavy atom. The van der Waals surface area contributed by atoms with Gasteiger partial charge in [-0.25, -0.2) is 0 Å². The highest BCUT2D eigenvalue weighted by atomic mass is 16.3. The van der Waals surface area contributed by atoms with E-state index in [2.05, 4.69) is 6.08 Å². The fourth-order valence-corrected chi connectivity index (χ4v) is 2.69. The number of allylic oxidation sites excluding steroid dienone is 4. The highest BCUT2D eigenvalue weighted by molar-refractivity contribution is 5.63. The van der Waals surface area contributed by atoms with E-state index < -0.39 is 6.10 Å². The molecule has 0 saturated heterocycles. The van der Waals surface area contributed by atoms with Crippen LogP contribution in [0, 0.1) is 6.92 Å². The Kier molecular flexibility index (Phi) is 3.10. The van der Waals surface area contributed by atoms with Gasteiger partial charge in [-0.1, -0.05) is 12.2 Å². The van der Waals surface area contributed by atoms with Crippen molar-refractivity contribution in [2.24, 2.45) is 0 Å². The first-order valence-electron chi connectivity index (χ1n) is 6.88. The molecule has 0 amide bonds. The Hall–Kier alpha value is -2.07. The number of aliphatic hydroxyl groups excluding tert-OH is 1. The van der Waals surface area contributed by atoms with Crippen LogP contribution in [0.15, 0.2) is 41.5 Å². The number of fused-ring (bicyclic) bond motifs is 1. The first kappa shape index (κ1) is 12.9. The number of aryl methyl sites for hydroxylation is 1. The summed E-state index contributed by atoms with van der Waals surface area (Å²) < 4.78 is 3.42. The predicted molar refractivity (Wildman–Crippen MR) is 79.7 cm³/mol. The molecular weight excluding hydrogens is 252 g/mol. The second-order valence-corrected chi connectivity index (χ2v) is 5.23. The van der Waals surface area contributed by atoms with Crippen LogP contribution >= 0.6 is 0 Å². The zero-order valence-corrected chi connectivity index (χ0v) is 11.7. The summed E-state index contributed by atoms with van der Waals surface area (Å²) in [5.41, 5.74) is 2.98. The summed E-state index contributed by atoms with van der Waals surface area (Å²) in [4.78, 5) is 12.8. The molecule has 0 radical (unpaired) electrons. The topological polar surface area (TPSA) is 46.6 Å². The average Bonchev–Trinajstić information content (AvgIpc) is 2.81. The number of hydrogen-bond donors (Lipinski definition) is 1. The predicted octanol–water partition coefficient (Wildman–Crippen LogP) is 2.65. The average molecular weight is 270 g/mol. The van der Waals surface area contributed by atoms with Gasteiger partial charge in [0.25, 0.3) is 5.56 Å². The summed E-state index contributed by atoms with van der Waals surface area (Å²) in [6.07, 6.45) is 10.9. The molecule has 2 aromatic rings. The van der Waals surface area contributed by atoms with Crippen LogP contribution in [0.25, 0.3) is 11.2 Å². The van der Waals surface area contributed by atoms with Crippen LogP contribution in [0.4, 0.5) is 0 Å². The van der Waals surface area contributed by atoms with Gasteiger partial charge in [-0.3, -0.25) is 9.36 Å². The summed E-state index contributed by atoms with van der Waals surface area (Å²) >= 11 is 0. The molecule has 0 fully saturated rings. The van der Waals surface area contributed by atoms with Crippen molar-refractivity contribution in [2.75, 3.05) is 0 Å². The van der Waals surface area contributed by atoms with E-state index in [-0.39, 0.29) is 5.56 Å². The van der Waals surface area contributed by atoms with Gasteiger partial charge >= 0.3 is 0 Å². The lowest BCUT2D eigenvalue weighted by atomic mass is 10.1. The molecule has 4 heteroatoms. The van der Waals surface area contributed by atoms with Gasteiger partial charge in [-0.2, -0.15) is 0 Å². The van der Waals surface area contributed by atoms with Crippen LogP contribution in [0.2, 0.25) is 0 Å². The number of aliphatic hydroxyl groups is 1. The molecule has 1 atom stereocenters. The summed E-state index contributed by atoms with van der Waals surface area (Å²) in [5, 5.41) is 10.0. The maximum Gasteiger partial charge on any atom is 0.279 e. The van der Waals surface area contributed by atoms with Gasteiger partial charge in [-0.05, 0) is 44.4 Å². The van der Waals surface area contributed by atoms with Crippen molar-refractivity contribution in [1.82, 2.24) is 8.97 Å². The third-order valence-corrected chi connectivity index (χ3v) is 3.71. The highest BCUT2D eigenvalue weighted by Crippen LogP contribution is 2.21. The highest BCUT2D eigenvalue weighted by Gasteiger charge is 2.17. The largest absolute Gasteiger partial charge is 0.387 e. The number of hydrogen-bond acceptors (Lipinski definition) is 2. The van der Waals surface area contributed by atoms with E-state index in [0.29, 0.717) is 11.2 Å². The van der Waals surface area contributed by atoms with Crippen molar-refractivity contribution in [3.05, 3.63) is 58.3 Å². The molecule has 1 aliphatic rings. The molecule has 1 aliphatic carbocycles. The van der Waals surface area contributed by atoms with E-state index in [1.54, 1.807) is 15.9 Å². The van der Waals surface area contributed by atoms with E-state index >= 15 is 0 Å². The van der Waals surface area contributed by atoms with Crippen LogP contribution in [-0.2, 0) is 0 Å². The van der Waals surface area contributed by atoms with Gasteiger partial charge < -0.3 is 9.51 Å². The SMILES string of the molecule is Cc1ccn2cc(C(C)O)n(C3=CCCC=C3)c(=O)c12. The zero-order chi connectivity index (χ0) is 14.3. The molecule has 1 N–H and O–H groups in total. The van der Waals surface area contributed by atoms with Gasteiger partial charge in [0.2, 0.25) is 0 Å². The van der Waals surface area contributed by atoms with Gasteiger partial charge in [0.15, 0.2) is 0 Å². The summed E-state index contributed by atoms with van der Waals surface area (Å²) in [7, 11) is 0. The maximum atomic E-state index is 12.8. The van der Waals surface area contributed by atoms with Gasteiger partial charge in [0.05, 0.1) is 11.8 Å².